The van der Waals surface area contributed by atoms with Gasteiger partial charge < -0.3 is 19.3 Å². The van der Waals surface area contributed by atoms with Crippen LogP contribution >= 0.6 is 18.9 Å². The Labute approximate surface area is 223 Å². The second-order valence-electron chi connectivity index (χ2n) is 9.37. The van der Waals surface area contributed by atoms with E-state index in [1.54, 1.807) is 31.2 Å². The van der Waals surface area contributed by atoms with Crippen molar-refractivity contribution >= 4 is 52.7 Å². The van der Waals surface area contributed by atoms with E-state index in [4.69, 9.17) is 17.1 Å². The molecule has 1 saturated heterocycles. The summed E-state index contributed by atoms with van der Waals surface area (Å²) < 4.78 is 42.9. The Balaban J connectivity index is 1.58. The van der Waals surface area contributed by atoms with Gasteiger partial charge in [0.2, 0.25) is 11.8 Å². The highest BCUT2D eigenvalue weighted by atomic mass is 35.5. The number of rotatable bonds is 8. The van der Waals surface area contributed by atoms with E-state index < -0.39 is 37.1 Å². The number of halogens is 3. The summed E-state index contributed by atoms with van der Waals surface area (Å²) in [5, 5.41) is 3.45. The highest BCUT2D eigenvalue weighted by molar-refractivity contribution is 7.69. The summed E-state index contributed by atoms with van der Waals surface area (Å²) in [5.41, 5.74) is 7.00. The van der Waals surface area contributed by atoms with Gasteiger partial charge >= 0.3 is 0 Å². The number of Topliss-reactive ketones (excluding diaryl/α,β-unsaturated/α-hetero) is 1. The molecule has 4 rings (SSSR count). The number of carbonyl (C=O) groups is 3. The van der Waals surface area contributed by atoms with Crippen LogP contribution in [0.4, 0.5) is 8.78 Å². The summed E-state index contributed by atoms with van der Waals surface area (Å²) in [5.74, 6) is -2.05. The first-order chi connectivity index (χ1) is 17.9. The third kappa shape index (κ3) is 5.53. The van der Waals surface area contributed by atoms with Gasteiger partial charge in [-0.25, -0.2) is 8.78 Å². The number of amides is 2. The van der Waals surface area contributed by atoms with Crippen molar-refractivity contribution in [3.63, 3.8) is 0 Å². The van der Waals surface area contributed by atoms with Crippen molar-refractivity contribution < 1.29 is 27.7 Å². The summed E-state index contributed by atoms with van der Waals surface area (Å²) in [6.45, 7) is 2.37. The minimum Gasteiger partial charge on any atom is -0.350 e. The van der Waals surface area contributed by atoms with Crippen LogP contribution in [0.3, 0.4) is 0 Å². The van der Waals surface area contributed by atoms with Gasteiger partial charge in [-0.3, -0.25) is 19.9 Å². The van der Waals surface area contributed by atoms with Crippen molar-refractivity contribution in [2.24, 2.45) is 5.50 Å². The van der Waals surface area contributed by atoms with Gasteiger partial charge in [-0.05, 0) is 25.1 Å². The molecule has 3 aromatic rings. The lowest BCUT2D eigenvalue weighted by atomic mass is 10.1. The molecular weight excluding hydrogens is 537 g/mol. The first-order valence-corrected chi connectivity index (χ1v) is 14.4. The maximum absolute atomic E-state index is 14.4. The smallest absolute Gasteiger partial charge is 0.243 e. The Bertz CT molecular complexity index is 1480. The van der Waals surface area contributed by atoms with Gasteiger partial charge in [0.05, 0.1) is 17.1 Å². The Hall–Kier alpha value is -3.07. The van der Waals surface area contributed by atoms with Gasteiger partial charge in [0.1, 0.15) is 24.6 Å². The predicted molar refractivity (Wildman–Crippen MR) is 142 cm³/mol. The molecule has 2 amide bonds. The number of likely N-dealkylation sites (tertiary alicyclic amines) is 1. The molecule has 1 unspecified atom stereocenters. The van der Waals surface area contributed by atoms with Gasteiger partial charge in [0, 0.05) is 47.1 Å². The summed E-state index contributed by atoms with van der Waals surface area (Å²) in [4.78, 5) is 39.6. The monoisotopic (exact) mass is 564 g/mol. The Morgan fingerprint density at radius 2 is 1.97 bits per heavy atom. The third-order valence-corrected chi connectivity index (χ3v) is 9.20. The van der Waals surface area contributed by atoms with Gasteiger partial charge in [-0.15, -0.1) is 0 Å². The van der Waals surface area contributed by atoms with Crippen molar-refractivity contribution in [3.8, 4) is 0 Å². The molecule has 0 aliphatic carbocycles. The maximum atomic E-state index is 14.4. The number of nitrogens with one attached hydrogen (secondary N) is 1. The van der Waals surface area contributed by atoms with E-state index in [0.717, 1.165) is 4.90 Å². The number of alkyl halides is 1. The molecule has 8 nitrogen and oxygen atoms in total. The average molecular weight is 565 g/mol. The van der Waals surface area contributed by atoms with Crippen LogP contribution in [0.25, 0.3) is 10.9 Å². The lowest BCUT2D eigenvalue weighted by molar-refractivity contribution is -0.139. The summed E-state index contributed by atoms with van der Waals surface area (Å²) in [6.07, 6.45) is 0.144. The lowest BCUT2D eigenvalue weighted by Gasteiger charge is -2.24. The van der Waals surface area contributed by atoms with E-state index in [-0.39, 0.29) is 48.6 Å². The van der Waals surface area contributed by atoms with E-state index in [1.165, 1.54) is 29.8 Å². The molecule has 1 aromatic heterocycles. The maximum Gasteiger partial charge on any atom is 0.243 e. The zero-order valence-corrected chi connectivity index (χ0v) is 22.6. The molecule has 1 aliphatic rings. The molecule has 0 radical (unpaired) electrons. The van der Waals surface area contributed by atoms with Gasteiger partial charge in [-0.1, -0.05) is 36.7 Å². The molecule has 12 heteroatoms. The van der Waals surface area contributed by atoms with Crippen molar-refractivity contribution in [1.29, 1.82) is 0 Å². The number of nitrogens with zero attached hydrogens (tertiary/aromatic N) is 2. The molecular formula is C26H28ClF2N4O4P. The number of nitrogens with two attached hydrogens (primary N) is 1. The van der Waals surface area contributed by atoms with Crippen LogP contribution in [0.15, 0.2) is 42.6 Å². The molecule has 2 aromatic carbocycles. The molecule has 202 valence electrons. The van der Waals surface area contributed by atoms with E-state index in [2.05, 4.69) is 5.32 Å². The molecule has 3 atom stereocenters. The molecule has 0 bridgehead atoms. The normalized spacial score (nSPS) is 18.9. The fraction of sp³-hybridized carbons (Fsp3) is 0.346. The summed E-state index contributed by atoms with van der Waals surface area (Å²) >= 11 is 5.79. The molecule has 0 spiro atoms. The average Bonchev–Trinajstić information content (AvgIpc) is 3.45. The van der Waals surface area contributed by atoms with E-state index in [9.17, 15) is 27.7 Å². The van der Waals surface area contributed by atoms with Crippen LogP contribution in [0, 0.1) is 5.82 Å². The number of benzene rings is 2. The predicted octanol–water partition coefficient (Wildman–Crippen LogP) is 3.77. The van der Waals surface area contributed by atoms with E-state index in [1.807, 2.05) is 0 Å². The number of hydrogen-bond acceptors (Lipinski definition) is 4. The van der Waals surface area contributed by atoms with E-state index in [0.29, 0.717) is 21.8 Å². The molecule has 38 heavy (non-hydrogen) atoms. The van der Waals surface area contributed by atoms with Crippen molar-refractivity contribution in [2.45, 2.75) is 45.6 Å². The highest BCUT2D eigenvalue weighted by Gasteiger charge is 2.40. The van der Waals surface area contributed by atoms with E-state index >= 15 is 0 Å². The van der Waals surface area contributed by atoms with Crippen LogP contribution in [-0.2, 0) is 27.2 Å². The largest absolute Gasteiger partial charge is 0.350 e. The minimum absolute atomic E-state index is 0.0878. The standard InChI is InChI=1S/C26H28ClF2N4O4P/c1-3-38(30,37)18-7-8-19-20(15(2)34)13-32(22(19)10-18)14-24(35)33-12-17(28)9-23(33)26(36)31-11-16-5-4-6-21(27)25(16)29/h4-8,10,13,17,23H,3,9,11-12,14H2,1-2H3,(H2,30,37)(H,31,36)/t17-,23+,38?/m1/s1. The van der Waals surface area contributed by atoms with Crippen LogP contribution in [0.5, 0.6) is 0 Å². The molecule has 2 heterocycles. The molecule has 3 N–H and O–H groups in total. The number of hydrogen-bond donors (Lipinski definition) is 2. The Morgan fingerprint density at radius 1 is 1.24 bits per heavy atom. The summed E-state index contributed by atoms with van der Waals surface area (Å²) in [7, 11) is -3.12. The minimum atomic E-state index is -3.12. The zero-order chi connectivity index (χ0) is 27.8. The van der Waals surface area contributed by atoms with Crippen LogP contribution < -0.4 is 16.1 Å². The van der Waals surface area contributed by atoms with Crippen molar-refractivity contribution in [3.05, 3.63) is 64.6 Å². The van der Waals surface area contributed by atoms with Gasteiger partial charge in [-0.2, -0.15) is 0 Å². The second-order valence-corrected chi connectivity index (χ2v) is 12.5. The number of carbonyl (C=O) groups excluding carboxylic acids is 3. The second kappa shape index (κ2) is 11.0. The SMILES string of the molecule is CCP(N)(=O)c1ccc2c(C(C)=O)cn(CC(=O)N3C[C@H](F)C[C@H]3C(=O)NCc3cccc(Cl)c3F)c2c1. The fourth-order valence-corrected chi connectivity index (χ4v) is 5.87. The molecule has 0 saturated carbocycles. The third-order valence-electron chi connectivity index (χ3n) is 6.82. The highest BCUT2D eigenvalue weighted by Crippen LogP contribution is 2.36. The number of fused-ring (bicyclic) bond motifs is 1. The first kappa shape index (κ1) is 28.0. The zero-order valence-electron chi connectivity index (χ0n) is 20.9. The van der Waals surface area contributed by atoms with Crippen LogP contribution in [0.1, 0.15) is 36.2 Å². The Kier molecular flexibility index (Phi) is 8.06. The van der Waals surface area contributed by atoms with Crippen LogP contribution in [0.2, 0.25) is 5.02 Å². The van der Waals surface area contributed by atoms with Crippen molar-refractivity contribution in [2.75, 3.05) is 12.7 Å². The fourth-order valence-electron chi connectivity index (χ4n) is 4.64. The summed E-state index contributed by atoms with van der Waals surface area (Å²) in [6, 6.07) is 8.17. The van der Waals surface area contributed by atoms with Crippen LogP contribution in [-0.4, -0.2) is 52.0 Å². The van der Waals surface area contributed by atoms with Gasteiger partial charge in [0.15, 0.2) is 13.1 Å². The quantitative estimate of drug-likeness (QED) is 0.319. The first-order valence-electron chi connectivity index (χ1n) is 12.1. The number of ketones is 1. The Morgan fingerprint density at radius 3 is 2.66 bits per heavy atom. The van der Waals surface area contributed by atoms with Crippen molar-refractivity contribution in [1.82, 2.24) is 14.8 Å². The number of aromatic nitrogens is 1. The topological polar surface area (TPSA) is 114 Å². The lowest BCUT2D eigenvalue weighted by Crippen LogP contribution is -2.46. The molecule has 1 aliphatic heterocycles. The molecule has 1 fully saturated rings. The van der Waals surface area contributed by atoms with Gasteiger partial charge in [0.25, 0.3) is 0 Å².